The van der Waals surface area contributed by atoms with Gasteiger partial charge in [0.25, 0.3) is 0 Å². The lowest BCUT2D eigenvalue weighted by atomic mass is 10.2. The van der Waals surface area contributed by atoms with E-state index >= 15 is 0 Å². The Hall–Kier alpha value is 0.390. The zero-order chi connectivity index (χ0) is 9.94. The molecule has 0 aromatic rings. The highest BCUT2D eigenvalue weighted by atomic mass is 31.0. The van der Waals surface area contributed by atoms with Crippen LogP contribution in [0.3, 0.4) is 0 Å². The fourth-order valence-electron chi connectivity index (χ4n) is 1.42. The normalized spacial score (nSPS) is 11.1. The summed E-state index contributed by atoms with van der Waals surface area (Å²) in [6.07, 6.45) is 9.56. The summed E-state index contributed by atoms with van der Waals surface area (Å²) < 4.78 is 2.39. The van der Waals surface area contributed by atoms with Gasteiger partial charge in [-0.05, 0) is 12.8 Å². The molecule has 80 valence electrons. The molecule has 0 spiro atoms. The minimum Gasteiger partial charge on any atom is -0.287 e. The Morgan fingerprint density at radius 2 is 1.23 bits per heavy atom. The van der Waals surface area contributed by atoms with Crippen molar-refractivity contribution in [2.45, 2.75) is 58.8 Å². The van der Waals surface area contributed by atoms with Gasteiger partial charge >= 0.3 is 0 Å². The summed E-state index contributed by atoms with van der Waals surface area (Å²) in [6, 6.07) is 0. The highest BCUT2D eigenvalue weighted by molar-refractivity contribution is 7.13. The predicted octanol–water partition coefficient (Wildman–Crippen LogP) is 3.85. The minimum absolute atomic E-state index is 1.25. The first kappa shape index (κ1) is 13.4. The average molecular weight is 203 g/mol. The molecular weight excluding hydrogens is 177 g/mol. The van der Waals surface area contributed by atoms with Crippen LogP contribution in [0.4, 0.5) is 0 Å². The molecule has 0 aliphatic rings. The van der Waals surface area contributed by atoms with Crippen LogP contribution in [0.1, 0.15) is 58.8 Å². The highest BCUT2D eigenvalue weighted by Gasteiger charge is 1.96. The summed E-state index contributed by atoms with van der Waals surface area (Å²) in [5.74, 6) is 0. The molecule has 0 aromatic carbocycles. The zero-order valence-electron chi connectivity index (χ0n) is 9.39. The Morgan fingerprint density at radius 1 is 0.769 bits per heavy atom. The number of rotatable bonds is 9. The maximum atomic E-state index is 2.85. The second kappa shape index (κ2) is 10.5. The molecule has 0 saturated carbocycles. The van der Waals surface area contributed by atoms with Gasteiger partial charge < -0.3 is 0 Å². The third kappa shape index (κ3) is 10.3. The second-order valence-electron chi connectivity index (χ2n) is 3.80. The molecular formula is C11H26NP. The van der Waals surface area contributed by atoms with Crippen molar-refractivity contribution < 1.29 is 0 Å². The van der Waals surface area contributed by atoms with E-state index in [2.05, 4.69) is 27.9 Å². The van der Waals surface area contributed by atoms with Crippen molar-refractivity contribution in [1.29, 1.82) is 0 Å². The topological polar surface area (TPSA) is 3.24 Å². The first-order valence-corrected chi connectivity index (χ1v) is 6.32. The van der Waals surface area contributed by atoms with Gasteiger partial charge in [-0.25, -0.2) is 0 Å². The molecule has 0 aromatic heterocycles. The van der Waals surface area contributed by atoms with E-state index < -0.39 is 0 Å². The fourth-order valence-corrected chi connectivity index (χ4v) is 1.78. The molecule has 0 amide bonds. The van der Waals surface area contributed by atoms with Crippen LogP contribution < -0.4 is 0 Å². The summed E-state index contributed by atoms with van der Waals surface area (Å²) in [5.41, 5.74) is 0. The summed E-state index contributed by atoms with van der Waals surface area (Å²) in [4.78, 5) is 0. The molecule has 1 atom stereocenters. The maximum absolute atomic E-state index is 2.85. The van der Waals surface area contributed by atoms with Crippen LogP contribution in [0.5, 0.6) is 0 Å². The zero-order valence-corrected chi connectivity index (χ0v) is 10.5. The summed E-state index contributed by atoms with van der Waals surface area (Å²) in [6.45, 7) is 7.03. The van der Waals surface area contributed by atoms with Gasteiger partial charge in [-0.15, -0.1) is 0 Å². The van der Waals surface area contributed by atoms with Gasteiger partial charge in [0.05, 0.1) is 0 Å². The molecule has 0 bridgehead atoms. The van der Waals surface area contributed by atoms with E-state index in [1.165, 1.54) is 58.0 Å². The van der Waals surface area contributed by atoms with Crippen LogP contribution in [-0.4, -0.2) is 17.8 Å². The first-order chi connectivity index (χ1) is 6.31. The largest absolute Gasteiger partial charge is 0.287 e. The monoisotopic (exact) mass is 203 g/mol. The van der Waals surface area contributed by atoms with Crippen LogP contribution >= 0.6 is 9.39 Å². The highest BCUT2D eigenvalue weighted by Crippen LogP contribution is 2.07. The van der Waals surface area contributed by atoms with E-state index in [1.54, 1.807) is 0 Å². The molecule has 0 saturated heterocycles. The molecule has 2 heteroatoms. The Balaban J connectivity index is 3.05. The van der Waals surface area contributed by atoms with Gasteiger partial charge in [-0.2, -0.15) is 0 Å². The predicted molar refractivity (Wildman–Crippen MR) is 65.0 cm³/mol. The number of unbranched alkanes of at least 4 members (excludes halogenated alkanes) is 5. The molecule has 0 aliphatic heterocycles. The number of hydrogen-bond donors (Lipinski definition) is 0. The third-order valence-corrected chi connectivity index (χ3v) is 2.86. The van der Waals surface area contributed by atoms with Crippen molar-refractivity contribution in [3.63, 3.8) is 0 Å². The van der Waals surface area contributed by atoms with Gasteiger partial charge in [-0.1, -0.05) is 55.3 Å². The van der Waals surface area contributed by atoms with Crippen LogP contribution in [0.2, 0.25) is 0 Å². The lowest BCUT2D eigenvalue weighted by Crippen LogP contribution is -2.14. The smallest absolute Gasteiger partial charge is 0.00161 e. The molecule has 0 heterocycles. The lowest BCUT2D eigenvalue weighted by Gasteiger charge is -2.15. The lowest BCUT2D eigenvalue weighted by molar-refractivity contribution is 0.430. The number of hydrogen-bond acceptors (Lipinski definition) is 1. The van der Waals surface area contributed by atoms with E-state index in [0.717, 1.165) is 0 Å². The molecule has 0 aliphatic carbocycles. The van der Waals surface area contributed by atoms with Gasteiger partial charge in [0.2, 0.25) is 0 Å². The minimum atomic E-state index is 1.25. The SMILES string of the molecule is CCCCCCN(P)CCCCC. The Labute approximate surface area is 86.5 Å². The quantitative estimate of drug-likeness (QED) is 0.406. The molecule has 0 rings (SSSR count). The summed E-state index contributed by atoms with van der Waals surface area (Å²) >= 11 is 0. The van der Waals surface area contributed by atoms with Gasteiger partial charge in [0, 0.05) is 13.1 Å². The summed E-state index contributed by atoms with van der Waals surface area (Å²) in [5, 5.41) is 0. The van der Waals surface area contributed by atoms with Crippen LogP contribution in [0.25, 0.3) is 0 Å². The molecule has 0 fully saturated rings. The van der Waals surface area contributed by atoms with E-state index in [1.807, 2.05) is 0 Å². The van der Waals surface area contributed by atoms with E-state index in [9.17, 15) is 0 Å². The fraction of sp³-hybridized carbons (Fsp3) is 1.00. The van der Waals surface area contributed by atoms with Crippen molar-refractivity contribution >= 4 is 9.39 Å². The van der Waals surface area contributed by atoms with Crippen molar-refractivity contribution in [1.82, 2.24) is 4.67 Å². The number of nitrogens with zero attached hydrogens (tertiary/aromatic N) is 1. The second-order valence-corrected chi connectivity index (χ2v) is 4.53. The summed E-state index contributed by atoms with van der Waals surface area (Å²) in [7, 11) is 2.85. The molecule has 1 unspecified atom stereocenters. The Bertz CT molecular complexity index is 96.1. The van der Waals surface area contributed by atoms with Gasteiger partial charge in [0.15, 0.2) is 0 Å². The molecule has 0 radical (unpaired) electrons. The van der Waals surface area contributed by atoms with Crippen molar-refractivity contribution in [3.05, 3.63) is 0 Å². The van der Waals surface area contributed by atoms with Crippen LogP contribution in [-0.2, 0) is 0 Å². The molecule has 0 N–H and O–H groups in total. The molecule has 1 nitrogen and oxygen atoms in total. The standard InChI is InChI=1S/C11H26NP/c1-3-5-7-9-11-12(13)10-8-6-4-2/h3-11,13H2,1-2H3. The first-order valence-electron chi connectivity index (χ1n) is 5.80. The van der Waals surface area contributed by atoms with Gasteiger partial charge in [-0.3, -0.25) is 4.67 Å². The Morgan fingerprint density at radius 3 is 1.77 bits per heavy atom. The van der Waals surface area contributed by atoms with Gasteiger partial charge in [0.1, 0.15) is 0 Å². The third-order valence-electron chi connectivity index (χ3n) is 2.35. The van der Waals surface area contributed by atoms with Crippen LogP contribution in [0.15, 0.2) is 0 Å². The van der Waals surface area contributed by atoms with E-state index in [-0.39, 0.29) is 0 Å². The van der Waals surface area contributed by atoms with Crippen LogP contribution in [0, 0.1) is 0 Å². The average Bonchev–Trinajstić information content (AvgIpc) is 2.13. The van der Waals surface area contributed by atoms with Crippen molar-refractivity contribution in [2.24, 2.45) is 0 Å². The van der Waals surface area contributed by atoms with Crippen molar-refractivity contribution in [2.75, 3.05) is 13.1 Å². The molecule has 13 heavy (non-hydrogen) atoms. The van der Waals surface area contributed by atoms with Crippen molar-refractivity contribution in [3.8, 4) is 0 Å². The van der Waals surface area contributed by atoms with E-state index in [0.29, 0.717) is 0 Å². The van der Waals surface area contributed by atoms with E-state index in [4.69, 9.17) is 0 Å². The maximum Gasteiger partial charge on any atom is 0.00161 e. The Kier molecular flexibility index (Phi) is 10.8.